The van der Waals surface area contributed by atoms with Crippen LogP contribution in [0.5, 0.6) is 5.75 Å². The van der Waals surface area contributed by atoms with Crippen molar-refractivity contribution in [2.75, 3.05) is 57.9 Å². The highest BCUT2D eigenvalue weighted by Crippen LogP contribution is 2.23. The van der Waals surface area contributed by atoms with Crippen molar-refractivity contribution in [3.05, 3.63) is 24.3 Å². The van der Waals surface area contributed by atoms with Crippen molar-refractivity contribution >= 4 is 11.6 Å². The normalized spacial score (nSPS) is 15.5. The third-order valence-corrected chi connectivity index (χ3v) is 3.46. The Balaban J connectivity index is 1.67. The van der Waals surface area contributed by atoms with Crippen LogP contribution in [0.1, 0.15) is 6.92 Å². The number of anilines is 1. The zero-order valence-corrected chi connectivity index (χ0v) is 13.1. The summed E-state index contributed by atoms with van der Waals surface area (Å²) >= 11 is 0. The molecule has 6 nitrogen and oxygen atoms in total. The Bertz CT molecular complexity index is 462. The first kappa shape index (κ1) is 16.7. The van der Waals surface area contributed by atoms with E-state index < -0.39 is 0 Å². The number of ether oxygens (including phenoxy) is 2. The number of carbonyl (C=O) groups is 1. The lowest BCUT2D eigenvalue weighted by Crippen LogP contribution is -2.41. The molecule has 1 aliphatic rings. The van der Waals surface area contributed by atoms with E-state index >= 15 is 0 Å². The summed E-state index contributed by atoms with van der Waals surface area (Å²) in [6.07, 6.45) is 0. The van der Waals surface area contributed by atoms with Crippen LogP contribution in [0.4, 0.5) is 5.69 Å². The number of carbonyl (C=O) groups excluding carboxylic acids is 1. The number of nitrogens with one attached hydrogen (secondary N) is 2. The first-order valence-electron chi connectivity index (χ1n) is 7.82. The summed E-state index contributed by atoms with van der Waals surface area (Å²) in [6, 6.07) is 7.47. The smallest absolute Gasteiger partial charge is 0.238 e. The van der Waals surface area contributed by atoms with Gasteiger partial charge in [-0.25, -0.2) is 0 Å². The predicted molar refractivity (Wildman–Crippen MR) is 86.4 cm³/mol. The van der Waals surface area contributed by atoms with Gasteiger partial charge in [-0.1, -0.05) is 12.1 Å². The Morgan fingerprint density at radius 1 is 1.32 bits per heavy atom. The van der Waals surface area contributed by atoms with Gasteiger partial charge in [-0.3, -0.25) is 9.69 Å². The molecule has 0 aliphatic carbocycles. The summed E-state index contributed by atoms with van der Waals surface area (Å²) < 4.78 is 10.8. The van der Waals surface area contributed by atoms with E-state index in [9.17, 15) is 4.79 Å². The topological polar surface area (TPSA) is 62.8 Å². The molecule has 0 saturated carbocycles. The van der Waals surface area contributed by atoms with Crippen molar-refractivity contribution in [3.63, 3.8) is 0 Å². The molecule has 0 atom stereocenters. The third-order valence-electron chi connectivity index (χ3n) is 3.46. The number of morpholine rings is 1. The number of rotatable bonds is 8. The van der Waals surface area contributed by atoms with E-state index in [1.807, 2.05) is 31.2 Å². The highest BCUT2D eigenvalue weighted by molar-refractivity contribution is 5.93. The number of amides is 1. The summed E-state index contributed by atoms with van der Waals surface area (Å²) in [6.45, 7) is 8.06. The summed E-state index contributed by atoms with van der Waals surface area (Å²) in [7, 11) is 0. The second kappa shape index (κ2) is 9.40. The minimum absolute atomic E-state index is 0.0610. The molecule has 2 rings (SSSR count). The summed E-state index contributed by atoms with van der Waals surface area (Å²) in [5.74, 6) is 0.640. The number of benzene rings is 1. The Morgan fingerprint density at radius 2 is 2.09 bits per heavy atom. The molecule has 1 aromatic rings. The van der Waals surface area contributed by atoms with Gasteiger partial charge in [-0.2, -0.15) is 0 Å². The van der Waals surface area contributed by atoms with Gasteiger partial charge in [-0.05, 0) is 19.1 Å². The summed E-state index contributed by atoms with van der Waals surface area (Å²) in [4.78, 5) is 14.3. The van der Waals surface area contributed by atoms with Crippen LogP contribution in [-0.2, 0) is 9.53 Å². The summed E-state index contributed by atoms with van der Waals surface area (Å²) in [5.41, 5.74) is 0.712. The Morgan fingerprint density at radius 3 is 2.86 bits per heavy atom. The van der Waals surface area contributed by atoms with E-state index in [0.717, 1.165) is 39.4 Å². The highest BCUT2D eigenvalue weighted by atomic mass is 16.5. The van der Waals surface area contributed by atoms with Crippen LogP contribution >= 0.6 is 0 Å². The van der Waals surface area contributed by atoms with E-state index in [1.54, 1.807) is 0 Å². The van der Waals surface area contributed by atoms with Crippen molar-refractivity contribution in [1.29, 1.82) is 0 Å². The van der Waals surface area contributed by atoms with Crippen LogP contribution in [0.15, 0.2) is 24.3 Å². The van der Waals surface area contributed by atoms with Crippen LogP contribution in [0.25, 0.3) is 0 Å². The van der Waals surface area contributed by atoms with Crippen LogP contribution in [0, 0.1) is 0 Å². The molecule has 1 aromatic carbocycles. The second-order valence-corrected chi connectivity index (χ2v) is 5.11. The molecule has 1 amide bonds. The molecule has 1 fully saturated rings. The van der Waals surface area contributed by atoms with Crippen molar-refractivity contribution in [2.24, 2.45) is 0 Å². The lowest BCUT2D eigenvalue weighted by Gasteiger charge is -2.26. The molecule has 1 saturated heterocycles. The minimum atomic E-state index is -0.0610. The molecule has 0 bridgehead atoms. The number of para-hydroxylation sites is 2. The van der Waals surface area contributed by atoms with Gasteiger partial charge >= 0.3 is 0 Å². The number of hydrogen-bond acceptors (Lipinski definition) is 5. The zero-order valence-electron chi connectivity index (χ0n) is 13.1. The van der Waals surface area contributed by atoms with Gasteiger partial charge in [-0.15, -0.1) is 0 Å². The SMILES string of the molecule is CCOc1ccccc1NC(=O)CNCCN1CCOCC1. The molecule has 0 aromatic heterocycles. The third kappa shape index (κ3) is 5.63. The molecule has 0 radical (unpaired) electrons. The van der Waals surface area contributed by atoms with Crippen LogP contribution < -0.4 is 15.4 Å². The molecular formula is C16H25N3O3. The molecule has 122 valence electrons. The maximum Gasteiger partial charge on any atom is 0.238 e. The average molecular weight is 307 g/mol. The molecule has 2 N–H and O–H groups in total. The Labute approximate surface area is 131 Å². The minimum Gasteiger partial charge on any atom is -0.492 e. The molecule has 6 heteroatoms. The molecular weight excluding hydrogens is 282 g/mol. The molecule has 0 unspecified atom stereocenters. The highest BCUT2D eigenvalue weighted by Gasteiger charge is 2.10. The first-order chi connectivity index (χ1) is 10.8. The molecule has 1 aliphatic heterocycles. The lowest BCUT2D eigenvalue weighted by atomic mass is 10.3. The summed E-state index contributed by atoms with van der Waals surface area (Å²) in [5, 5.41) is 6.04. The molecule has 22 heavy (non-hydrogen) atoms. The second-order valence-electron chi connectivity index (χ2n) is 5.11. The van der Waals surface area contributed by atoms with Gasteiger partial charge in [0.2, 0.25) is 5.91 Å². The van der Waals surface area contributed by atoms with Gasteiger partial charge < -0.3 is 20.1 Å². The molecule has 0 spiro atoms. The van der Waals surface area contributed by atoms with E-state index in [4.69, 9.17) is 9.47 Å². The maximum absolute atomic E-state index is 12.0. The fourth-order valence-electron chi connectivity index (χ4n) is 2.31. The Kier molecular flexibility index (Phi) is 7.15. The van der Waals surface area contributed by atoms with Crippen molar-refractivity contribution < 1.29 is 14.3 Å². The fraction of sp³-hybridized carbons (Fsp3) is 0.562. The quantitative estimate of drug-likeness (QED) is 0.700. The van der Waals surface area contributed by atoms with Crippen LogP contribution in [-0.4, -0.2) is 63.4 Å². The van der Waals surface area contributed by atoms with Crippen molar-refractivity contribution in [2.45, 2.75) is 6.92 Å². The fourth-order valence-corrected chi connectivity index (χ4v) is 2.31. The number of nitrogens with zero attached hydrogens (tertiary/aromatic N) is 1. The molecule has 1 heterocycles. The maximum atomic E-state index is 12.0. The van der Waals surface area contributed by atoms with E-state index in [-0.39, 0.29) is 5.91 Å². The Hall–Kier alpha value is -1.63. The van der Waals surface area contributed by atoms with Crippen LogP contribution in [0.2, 0.25) is 0 Å². The van der Waals surface area contributed by atoms with E-state index in [1.165, 1.54) is 0 Å². The zero-order chi connectivity index (χ0) is 15.6. The van der Waals surface area contributed by atoms with Crippen molar-refractivity contribution in [3.8, 4) is 5.75 Å². The van der Waals surface area contributed by atoms with Crippen molar-refractivity contribution in [1.82, 2.24) is 10.2 Å². The monoisotopic (exact) mass is 307 g/mol. The van der Waals surface area contributed by atoms with E-state index in [2.05, 4.69) is 15.5 Å². The first-order valence-corrected chi connectivity index (χ1v) is 7.82. The predicted octanol–water partition coefficient (Wildman–Crippen LogP) is 0.946. The number of hydrogen-bond donors (Lipinski definition) is 2. The van der Waals surface area contributed by atoms with Gasteiger partial charge in [0, 0.05) is 26.2 Å². The lowest BCUT2D eigenvalue weighted by molar-refractivity contribution is -0.115. The van der Waals surface area contributed by atoms with Gasteiger partial charge in [0.15, 0.2) is 0 Å². The largest absolute Gasteiger partial charge is 0.492 e. The van der Waals surface area contributed by atoms with Gasteiger partial charge in [0.05, 0.1) is 32.1 Å². The van der Waals surface area contributed by atoms with Gasteiger partial charge in [0.1, 0.15) is 5.75 Å². The van der Waals surface area contributed by atoms with E-state index in [0.29, 0.717) is 24.6 Å². The average Bonchev–Trinajstić information content (AvgIpc) is 2.55. The van der Waals surface area contributed by atoms with Gasteiger partial charge in [0.25, 0.3) is 0 Å². The van der Waals surface area contributed by atoms with Crippen LogP contribution in [0.3, 0.4) is 0 Å². The standard InChI is InChI=1S/C16H25N3O3/c1-2-22-15-6-4-3-5-14(15)18-16(20)13-17-7-8-19-9-11-21-12-10-19/h3-6,17H,2,7-13H2,1H3,(H,18,20).